The molecule has 0 saturated carbocycles. The van der Waals surface area contributed by atoms with E-state index in [0.717, 1.165) is 26.6 Å². The van der Waals surface area contributed by atoms with Crippen LogP contribution in [0.5, 0.6) is 0 Å². The summed E-state index contributed by atoms with van der Waals surface area (Å²) in [6, 6.07) is 27.0. The van der Waals surface area contributed by atoms with Gasteiger partial charge in [-0.25, -0.2) is 4.79 Å². The van der Waals surface area contributed by atoms with E-state index < -0.39 is 0 Å². The summed E-state index contributed by atoms with van der Waals surface area (Å²) in [5.41, 5.74) is 6.28. The summed E-state index contributed by atoms with van der Waals surface area (Å²) < 4.78 is 5.98. The van der Waals surface area contributed by atoms with Crippen LogP contribution in [0.3, 0.4) is 0 Å². The Hall–Kier alpha value is -3.11. The first kappa shape index (κ1) is 19.8. The summed E-state index contributed by atoms with van der Waals surface area (Å²) in [6.45, 7) is 4.54. The van der Waals surface area contributed by atoms with Crippen molar-refractivity contribution in [3.05, 3.63) is 100 Å². The van der Waals surface area contributed by atoms with Crippen LogP contribution in [-0.4, -0.2) is 13.1 Å². The Morgan fingerprint density at radius 2 is 1.65 bits per heavy atom. The Bertz CT molecular complexity index is 1330. The van der Waals surface area contributed by atoms with Crippen LogP contribution in [0.2, 0.25) is 0 Å². The lowest BCUT2D eigenvalue weighted by Crippen LogP contribution is -2.31. The van der Waals surface area contributed by atoms with E-state index in [0.29, 0.717) is 5.56 Å². The normalized spacial score (nSPS) is 14.1. The molecular formula is C27H22BrNO2. The van der Waals surface area contributed by atoms with Crippen molar-refractivity contribution in [1.82, 2.24) is 0 Å². The zero-order valence-electron chi connectivity index (χ0n) is 17.6. The number of rotatable bonds is 2. The van der Waals surface area contributed by atoms with Gasteiger partial charge in [-0.15, -0.1) is 0 Å². The van der Waals surface area contributed by atoms with Gasteiger partial charge in [0.1, 0.15) is 0 Å². The van der Waals surface area contributed by atoms with Gasteiger partial charge in [-0.3, -0.25) is 0 Å². The summed E-state index contributed by atoms with van der Waals surface area (Å²) in [6.07, 6.45) is 0. The highest BCUT2D eigenvalue weighted by atomic mass is 79.9. The molecule has 0 N–H and O–H groups in total. The standard InChI is InChI=1S/C27H22BrNO2/c1-27(2)22-16-19(28)11-14-23(22)29(20-7-5-4-6-8-20)24-13-10-17-15-18(26(30)31-3)9-12-21(17)25(24)27/h4-16H,1-3H3. The van der Waals surface area contributed by atoms with Crippen molar-refractivity contribution in [3.8, 4) is 0 Å². The second kappa shape index (κ2) is 7.24. The summed E-state index contributed by atoms with van der Waals surface area (Å²) in [7, 11) is 1.41. The second-order valence-electron chi connectivity index (χ2n) is 8.34. The number of anilines is 3. The zero-order chi connectivity index (χ0) is 21.8. The van der Waals surface area contributed by atoms with Crippen molar-refractivity contribution in [2.45, 2.75) is 19.3 Å². The maximum Gasteiger partial charge on any atom is 0.337 e. The maximum atomic E-state index is 12.1. The van der Waals surface area contributed by atoms with Crippen LogP contribution in [0.4, 0.5) is 17.1 Å². The minimum Gasteiger partial charge on any atom is -0.465 e. The lowest BCUT2D eigenvalue weighted by Gasteiger charge is -2.43. The first-order valence-corrected chi connectivity index (χ1v) is 11.0. The largest absolute Gasteiger partial charge is 0.465 e. The lowest BCUT2D eigenvalue weighted by molar-refractivity contribution is 0.0601. The van der Waals surface area contributed by atoms with Crippen molar-refractivity contribution in [1.29, 1.82) is 0 Å². The van der Waals surface area contributed by atoms with Crippen LogP contribution < -0.4 is 4.90 Å². The fraction of sp³-hybridized carbons (Fsp3) is 0.148. The van der Waals surface area contributed by atoms with Crippen LogP contribution in [0.15, 0.2) is 83.3 Å². The van der Waals surface area contributed by atoms with Gasteiger partial charge in [0.2, 0.25) is 0 Å². The van der Waals surface area contributed by atoms with E-state index in [-0.39, 0.29) is 11.4 Å². The summed E-state index contributed by atoms with van der Waals surface area (Å²) in [4.78, 5) is 14.4. The van der Waals surface area contributed by atoms with Crippen molar-refractivity contribution in [2.24, 2.45) is 0 Å². The van der Waals surface area contributed by atoms with Crippen LogP contribution >= 0.6 is 15.9 Å². The molecule has 5 rings (SSSR count). The molecule has 4 heteroatoms. The highest BCUT2D eigenvalue weighted by Crippen LogP contribution is 2.54. The number of nitrogens with zero attached hydrogens (tertiary/aromatic N) is 1. The zero-order valence-corrected chi connectivity index (χ0v) is 19.2. The van der Waals surface area contributed by atoms with Gasteiger partial charge in [-0.2, -0.15) is 0 Å². The van der Waals surface area contributed by atoms with Gasteiger partial charge in [-0.1, -0.05) is 60.1 Å². The summed E-state index contributed by atoms with van der Waals surface area (Å²) in [5, 5.41) is 2.17. The molecule has 31 heavy (non-hydrogen) atoms. The smallest absolute Gasteiger partial charge is 0.337 e. The van der Waals surface area contributed by atoms with E-state index in [1.54, 1.807) is 0 Å². The van der Waals surface area contributed by atoms with Gasteiger partial charge in [0.05, 0.1) is 24.0 Å². The van der Waals surface area contributed by atoms with E-state index in [2.05, 4.69) is 89.3 Å². The van der Waals surface area contributed by atoms with Crippen molar-refractivity contribution < 1.29 is 9.53 Å². The first-order chi connectivity index (χ1) is 14.9. The third-order valence-electron chi connectivity index (χ3n) is 6.17. The highest BCUT2D eigenvalue weighted by molar-refractivity contribution is 9.10. The molecule has 0 radical (unpaired) electrons. The molecular weight excluding hydrogens is 450 g/mol. The number of halogens is 1. The number of methoxy groups -OCH3 is 1. The van der Waals surface area contributed by atoms with Crippen LogP contribution in [0.1, 0.15) is 35.3 Å². The molecule has 154 valence electrons. The fourth-order valence-corrected chi connectivity index (χ4v) is 5.09. The lowest BCUT2D eigenvalue weighted by atomic mass is 9.71. The topological polar surface area (TPSA) is 29.5 Å². The molecule has 1 aliphatic heterocycles. The van der Waals surface area contributed by atoms with Gasteiger partial charge in [0, 0.05) is 15.6 Å². The minimum absolute atomic E-state index is 0.230. The molecule has 0 atom stereocenters. The molecule has 0 spiro atoms. The number of hydrogen-bond acceptors (Lipinski definition) is 3. The number of carbonyl (C=O) groups excluding carboxylic acids is 1. The third kappa shape index (κ3) is 3.05. The number of fused-ring (bicyclic) bond motifs is 4. The molecule has 1 heterocycles. The maximum absolute atomic E-state index is 12.1. The number of hydrogen-bond donors (Lipinski definition) is 0. The van der Waals surface area contributed by atoms with Gasteiger partial charge < -0.3 is 9.64 Å². The number of ether oxygens (including phenoxy) is 1. The Kier molecular flexibility index (Phi) is 4.63. The van der Waals surface area contributed by atoms with Gasteiger partial charge in [-0.05, 0) is 70.4 Å². The van der Waals surface area contributed by atoms with Gasteiger partial charge in [0.15, 0.2) is 0 Å². The number of carbonyl (C=O) groups is 1. The van der Waals surface area contributed by atoms with Crippen molar-refractivity contribution in [2.75, 3.05) is 12.0 Å². The quantitative estimate of drug-likeness (QED) is 0.283. The Morgan fingerprint density at radius 1 is 0.903 bits per heavy atom. The number of para-hydroxylation sites is 1. The number of esters is 1. The summed E-state index contributed by atoms with van der Waals surface area (Å²) in [5.74, 6) is -0.320. The van der Waals surface area contributed by atoms with E-state index >= 15 is 0 Å². The Balaban J connectivity index is 1.85. The van der Waals surface area contributed by atoms with E-state index in [1.165, 1.54) is 23.9 Å². The molecule has 0 bridgehead atoms. The molecule has 4 aromatic rings. The average Bonchev–Trinajstić information content (AvgIpc) is 2.79. The minimum atomic E-state index is -0.320. The van der Waals surface area contributed by atoms with Crippen molar-refractivity contribution in [3.63, 3.8) is 0 Å². The van der Waals surface area contributed by atoms with Gasteiger partial charge >= 0.3 is 5.97 Å². The molecule has 4 aromatic carbocycles. The van der Waals surface area contributed by atoms with Crippen molar-refractivity contribution >= 4 is 49.7 Å². The SMILES string of the molecule is COC(=O)c1ccc2c3c(ccc2c1)N(c1ccccc1)c1ccc(Br)cc1C3(C)C. The molecule has 0 unspecified atom stereocenters. The predicted octanol–water partition coefficient (Wildman–Crippen LogP) is 7.50. The second-order valence-corrected chi connectivity index (χ2v) is 9.26. The Labute approximate surface area is 190 Å². The van der Waals surface area contributed by atoms with E-state index in [4.69, 9.17) is 4.74 Å². The van der Waals surface area contributed by atoms with Crippen LogP contribution in [0, 0.1) is 0 Å². The highest BCUT2D eigenvalue weighted by Gasteiger charge is 2.38. The monoisotopic (exact) mass is 471 g/mol. The molecule has 0 amide bonds. The fourth-order valence-electron chi connectivity index (χ4n) is 4.73. The first-order valence-electron chi connectivity index (χ1n) is 10.2. The predicted molar refractivity (Wildman–Crippen MR) is 130 cm³/mol. The van der Waals surface area contributed by atoms with E-state index in [9.17, 15) is 4.79 Å². The van der Waals surface area contributed by atoms with Crippen LogP contribution in [-0.2, 0) is 10.2 Å². The third-order valence-corrected chi connectivity index (χ3v) is 6.67. The molecule has 0 aromatic heterocycles. The molecule has 1 aliphatic rings. The average molecular weight is 472 g/mol. The molecule has 0 fully saturated rings. The number of benzene rings is 4. The summed E-state index contributed by atoms with van der Waals surface area (Å²) >= 11 is 3.67. The molecule has 0 aliphatic carbocycles. The Morgan fingerprint density at radius 3 is 2.39 bits per heavy atom. The molecule has 3 nitrogen and oxygen atoms in total. The van der Waals surface area contributed by atoms with Crippen LogP contribution in [0.25, 0.3) is 10.8 Å². The molecule has 0 saturated heterocycles. The van der Waals surface area contributed by atoms with Gasteiger partial charge in [0.25, 0.3) is 0 Å². The van der Waals surface area contributed by atoms with E-state index in [1.807, 2.05) is 24.3 Å².